The van der Waals surface area contributed by atoms with Crippen molar-refractivity contribution in [3.63, 3.8) is 0 Å². The van der Waals surface area contributed by atoms with E-state index in [9.17, 15) is 4.39 Å². The second-order valence-electron chi connectivity index (χ2n) is 3.91. The summed E-state index contributed by atoms with van der Waals surface area (Å²) in [6.45, 7) is 1.33. The van der Waals surface area contributed by atoms with Crippen LogP contribution in [0, 0.1) is 5.82 Å². The van der Waals surface area contributed by atoms with Gasteiger partial charge in [-0.25, -0.2) is 4.39 Å². The molecule has 16 heavy (non-hydrogen) atoms. The van der Waals surface area contributed by atoms with Gasteiger partial charge < -0.3 is 15.2 Å². The first-order valence-electron chi connectivity index (χ1n) is 5.53. The largest absolute Gasteiger partial charge is 0.467 e. The molecule has 1 aromatic carbocycles. The third kappa shape index (κ3) is 2.51. The van der Waals surface area contributed by atoms with Crippen LogP contribution in [0.2, 0.25) is 0 Å². The van der Waals surface area contributed by atoms with E-state index < -0.39 is 0 Å². The van der Waals surface area contributed by atoms with Gasteiger partial charge in [0.25, 0.3) is 0 Å². The molecule has 0 unspecified atom stereocenters. The molecule has 1 aliphatic rings. The second kappa shape index (κ2) is 5.27. The van der Waals surface area contributed by atoms with Crippen LogP contribution in [0.15, 0.2) is 12.1 Å². The molecule has 0 fully saturated rings. The summed E-state index contributed by atoms with van der Waals surface area (Å²) in [6, 6.07) is 3.29. The Kier molecular flexibility index (Phi) is 3.74. The molecule has 0 saturated carbocycles. The summed E-state index contributed by atoms with van der Waals surface area (Å²) in [6.07, 6.45) is 2.53. The summed E-state index contributed by atoms with van der Waals surface area (Å²) >= 11 is 0. The standard InChI is InChI=1S/C12H16FNO2/c13-11-5-10-7-15-8-16-12(10)6-9(11)3-1-2-4-14/h5-6H,1-4,7-8,14H2. The highest BCUT2D eigenvalue weighted by atomic mass is 19.1. The SMILES string of the molecule is NCCCCc1cc2c(cc1F)COCO2. The zero-order chi connectivity index (χ0) is 11.4. The van der Waals surface area contributed by atoms with Gasteiger partial charge in [-0.1, -0.05) is 0 Å². The van der Waals surface area contributed by atoms with Crippen molar-refractivity contribution in [1.82, 2.24) is 0 Å². The number of fused-ring (bicyclic) bond motifs is 1. The maximum atomic E-state index is 13.7. The van der Waals surface area contributed by atoms with E-state index in [1.807, 2.05) is 0 Å². The lowest BCUT2D eigenvalue weighted by Crippen LogP contribution is -2.12. The minimum atomic E-state index is -0.176. The maximum absolute atomic E-state index is 13.7. The first kappa shape index (κ1) is 11.4. The number of benzene rings is 1. The van der Waals surface area contributed by atoms with E-state index in [-0.39, 0.29) is 12.6 Å². The Hall–Kier alpha value is -1.13. The molecule has 88 valence electrons. The maximum Gasteiger partial charge on any atom is 0.189 e. The van der Waals surface area contributed by atoms with Gasteiger partial charge in [0.15, 0.2) is 6.79 Å². The number of unbranched alkanes of at least 4 members (excludes halogenated alkanes) is 1. The fourth-order valence-electron chi connectivity index (χ4n) is 1.79. The van der Waals surface area contributed by atoms with E-state index in [0.29, 0.717) is 25.1 Å². The van der Waals surface area contributed by atoms with Crippen LogP contribution < -0.4 is 10.5 Å². The molecule has 1 heterocycles. The number of ether oxygens (including phenoxy) is 2. The Labute approximate surface area is 94.3 Å². The van der Waals surface area contributed by atoms with E-state index in [4.69, 9.17) is 15.2 Å². The van der Waals surface area contributed by atoms with Gasteiger partial charge in [-0.2, -0.15) is 0 Å². The molecule has 3 nitrogen and oxygen atoms in total. The normalized spacial score (nSPS) is 14.4. The van der Waals surface area contributed by atoms with Gasteiger partial charge in [0.1, 0.15) is 11.6 Å². The second-order valence-corrected chi connectivity index (χ2v) is 3.91. The fourth-order valence-corrected chi connectivity index (χ4v) is 1.79. The quantitative estimate of drug-likeness (QED) is 0.797. The Bertz CT molecular complexity index is 368. The first-order chi connectivity index (χ1) is 7.81. The highest BCUT2D eigenvalue weighted by Crippen LogP contribution is 2.27. The van der Waals surface area contributed by atoms with E-state index in [1.165, 1.54) is 6.07 Å². The number of aryl methyl sites for hydroxylation is 1. The molecule has 0 amide bonds. The van der Waals surface area contributed by atoms with E-state index >= 15 is 0 Å². The summed E-state index contributed by atoms with van der Waals surface area (Å²) in [7, 11) is 0. The number of hydrogen-bond acceptors (Lipinski definition) is 3. The van der Waals surface area contributed by atoms with E-state index in [2.05, 4.69) is 0 Å². The Morgan fingerprint density at radius 2 is 2.19 bits per heavy atom. The zero-order valence-electron chi connectivity index (χ0n) is 9.17. The van der Waals surface area contributed by atoms with Crippen LogP contribution in [0.1, 0.15) is 24.0 Å². The van der Waals surface area contributed by atoms with Crippen molar-refractivity contribution in [1.29, 1.82) is 0 Å². The minimum Gasteiger partial charge on any atom is -0.467 e. The molecule has 0 atom stereocenters. The van der Waals surface area contributed by atoms with Crippen molar-refractivity contribution in [2.24, 2.45) is 5.73 Å². The zero-order valence-corrected chi connectivity index (χ0v) is 9.17. The highest BCUT2D eigenvalue weighted by Gasteiger charge is 2.14. The molecule has 2 rings (SSSR count). The minimum absolute atomic E-state index is 0.176. The van der Waals surface area contributed by atoms with Gasteiger partial charge in [-0.05, 0) is 43.5 Å². The van der Waals surface area contributed by atoms with Crippen molar-refractivity contribution < 1.29 is 13.9 Å². The Morgan fingerprint density at radius 3 is 3.00 bits per heavy atom. The molecule has 0 bridgehead atoms. The molecule has 4 heteroatoms. The molecule has 0 aromatic heterocycles. The van der Waals surface area contributed by atoms with Crippen molar-refractivity contribution >= 4 is 0 Å². The number of hydrogen-bond donors (Lipinski definition) is 1. The lowest BCUT2D eigenvalue weighted by atomic mass is 10.0. The van der Waals surface area contributed by atoms with Crippen LogP contribution in [0.3, 0.4) is 0 Å². The highest BCUT2D eigenvalue weighted by molar-refractivity contribution is 5.38. The van der Waals surface area contributed by atoms with Crippen molar-refractivity contribution in [3.05, 3.63) is 29.1 Å². The van der Waals surface area contributed by atoms with Crippen LogP contribution in [0.25, 0.3) is 0 Å². The van der Waals surface area contributed by atoms with E-state index in [1.54, 1.807) is 6.07 Å². The number of halogens is 1. The summed E-state index contributed by atoms with van der Waals surface area (Å²) in [4.78, 5) is 0. The third-order valence-electron chi connectivity index (χ3n) is 2.69. The van der Waals surface area contributed by atoms with Gasteiger partial charge >= 0.3 is 0 Å². The van der Waals surface area contributed by atoms with Crippen LogP contribution in [0.4, 0.5) is 4.39 Å². The molecular formula is C12H16FNO2. The van der Waals surface area contributed by atoms with Gasteiger partial charge in [0.2, 0.25) is 0 Å². The van der Waals surface area contributed by atoms with Crippen molar-refractivity contribution in [2.45, 2.75) is 25.9 Å². The monoisotopic (exact) mass is 225 g/mol. The summed E-state index contributed by atoms with van der Waals surface area (Å²) < 4.78 is 24.1. The average Bonchev–Trinajstić information content (AvgIpc) is 2.30. The molecule has 0 spiro atoms. The topological polar surface area (TPSA) is 44.5 Å². The molecule has 0 radical (unpaired) electrons. The molecule has 2 N–H and O–H groups in total. The van der Waals surface area contributed by atoms with Crippen molar-refractivity contribution in [3.8, 4) is 5.75 Å². The van der Waals surface area contributed by atoms with Crippen molar-refractivity contribution in [2.75, 3.05) is 13.3 Å². The summed E-state index contributed by atoms with van der Waals surface area (Å²) in [5, 5.41) is 0. The van der Waals surface area contributed by atoms with Crippen LogP contribution in [-0.4, -0.2) is 13.3 Å². The fraction of sp³-hybridized carbons (Fsp3) is 0.500. The van der Waals surface area contributed by atoms with E-state index in [0.717, 1.165) is 24.2 Å². The lowest BCUT2D eigenvalue weighted by molar-refractivity contribution is -0.0166. The van der Waals surface area contributed by atoms with Gasteiger partial charge in [0.05, 0.1) is 6.61 Å². The summed E-state index contributed by atoms with van der Waals surface area (Å²) in [5.74, 6) is 0.570. The van der Waals surface area contributed by atoms with Gasteiger partial charge in [-0.15, -0.1) is 0 Å². The molecular weight excluding hydrogens is 209 g/mol. The molecule has 1 aliphatic heterocycles. The van der Waals surface area contributed by atoms with Crippen LogP contribution in [-0.2, 0) is 17.8 Å². The van der Waals surface area contributed by atoms with Crippen LogP contribution in [0.5, 0.6) is 5.75 Å². The lowest BCUT2D eigenvalue weighted by Gasteiger charge is -2.18. The average molecular weight is 225 g/mol. The molecule has 0 aliphatic carbocycles. The number of nitrogens with two attached hydrogens (primary N) is 1. The van der Waals surface area contributed by atoms with Crippen LogP contribution >= 0.6 is 0 Å². The number of rotatable bonds is 4. The smallest absolute Gasteiger partial charge is 0.189 e. The first-order valence-corrected chi connectivity index (χ1v) is 5.53. The Balaban J connectivity index is 2.12. The Morgan fingerprint density at radius 1 is 1.31 bits per heavy atom. The van der Waals surface area contributed by atoms with Gasteiger partial charge in [0, 0.05) is 5.56 Å². The molecule has 1 aromatic rings. The van der Waals surface area contributed by atoms with Gasteiger partial charge in [-0.3, -0.25) is 0 Å². The third-order valence-corrected chi connectivity index (χ3v) is 2.69. The predicted molar refractivity (Wildman–Crippen MR) is 58.7 cm³/mol. The summed E-state index contributed by atoms with van der Waals surface area (Å²) in [5.41, 5.74) is 6.89. The predicted octanol–water partition coefficient (Wildman–Crippen LogP) is 1.97. The molecule has 0 saturated heterocycles.